The van der Waals surface area contributed by atoms with Gasteiger partial charge in [-0.1, -0.05) is 41.2 Å². The molecule has 0 saturated heterocycles. The zero-order valence-electron chi connectivity index (χ0n) is 13.3. The largest absolute Gasteiger partial charge is 0.338 e. The first-order valence-corrected chi connectivity index (χ1v) is 8.62. The van der Waals surface area contributed by atoms with Gasteiger partial charge in [0.05, 0.1) is 5.75 Å². The topological polar surface area (TPSA) is 64.7 Å². The van der Waals surface area contributed by atoms with Crippen LogP contribution in [0.25, 0.3) is 22.0 Å². The van der Waals surface area contributed by atoms with E-state index in [0.29, 0.717) is 17.5 Å². The molecule has 0 fully saturated rings. The van der Waals surface area contributed by atoms with Crippen molar-refractivity contribution in [3.05, 3.63) is 66.1 Å². The Morgan fingerprint density at radius 1 is 1.00 bits per heavy atom. The highest BCUT2D eigenvalue weighted by Gasteiger charge is 2.13. The van der Waals surface area contributed by atoms with Gasteiger partial charge in [-0.25, -0.2) is 4.39 Å². The third-order valence-corrected chi connectivity index (χ3v) is 4.64. The minimum atomic E-state index is -0.275. The number of hydrogen-bond acceptors (Lipinski definition) is 6. The van der Waals surface area contributed by atoms with E-state index in [9.17, 15) is 4.39 Å². The van der Waals surface area contributed by atoms with Gasteiger partial charge in [0.2, 0.25) is 5.89 Å². The zero-order valence-corrected chi connectivity index (χ0v) is 14.1. The summed E-state index contributed by atoms with van der Waals surface area (Å²) in [6, 6.07) is 14.2. The molecule has 2 aromatic carbocycles. The Morgan fingerprint density at radius 2 is 1.76 bits per heavy atom. The van der Waals surface area contributed by atoms with Crippen molar-refractivity contribution in [2.45, 2.75) is 17.7 Å². The molecule has 124 valence electrons. The summed E-state index contributed by atoms with van der Waals surface area (Å²) in [5, 5.41) is 15.2. The minimum absolute atomic E-state index is 0.275. The molecule has 7 heteroatoms. The number of benzene rings is 2. The second kappa shape index (κ2) is 6.60. The molecule has 0 bridgehead atoms. The number of aromatic nitrogens is 4. The molecule has 2 aromatic heterocycles. The van der Waals surface area contributed by atoms with Gasteiger partial charge in [0.1, 0.15) is 16.5 Å². The Labute approximate surface area is 147 Å². The lowest BCUT2D eigenvalue weighted by Crippen LogP contribution is -1.94. The molecule has 0 radical (unpaired) electrons. The average molecular weight is 352 g/mol. The van der Waals surface area contributed by atoms with Gasteiger partial charge in [-0.05, 0) is 31.2 Å². The Bertz CT molecular complexity index is 1030. The van der Waals surface area contributed by atoms with Gasteiger partial charge in [0.25, 0.3) is 0 Å². The minimum Gasteiger partial charge on any atom is -0.338 e. The number of aryl methyl sites for hydroxylation is 1. The zero-order chi connectivity index (χ0) is 17.2. The standard InChI is InChI=1S/C18H13FN4OS/c1-11-20-16(24-23-11)10-25-18-15-5-3-2-4-14(15)17(21-22-18)12-6-8-13(19)9-7-12/h2-9H,10H2,1H3. The quantitative estimate of drug-likeness (QED) is 0.507. The van der Waals surface area contributed by atoms with Gasteiger partial charge >= 0.3 is 0 Å². The predicted octanol–water partition coefficient (Wildman–Crippen LogP) is 4.42. The van der Waals surface area contributed by atoms with Crippen molar-refractivity contribution in [2.24, 2.45) is 0 Å². The highest BCUT2D eigenvalue weighted by Crippen LogP contribution is 2.32. The molecule has 25 heavy (non-hydrogen) atoms. The molecule has 0 aliphatic heterocycles. The van der Waals surface area contributed by atoms with Gasteiger partial charge < -0.3 is 4.52 Å². The summed E-state index contributed by atoms with van der Waals surface area (Å²) in [7, 11) is 0. The van der Waals surface area contributed by atoms with Crippen LogP contribution in [-0.4, -0.2) is 20.3 Å². The fourth-order valence-corrected chi connectivity index (χ4v) is 3.35. The van der Waals surface area contributed by atoms with Crippen LogP contribution < -0.4 is 0 Å². The van der Waals surface area contributed by atoms with E-state index in [4.69, 9.17) is 4.52 Å². The SMILES string of the molecule is Cc1noc(CSc2nnc(-c3ccc(F)cc3)c3ccccc23)n1. The van der Waals surface area contributed by atoms with Crippen LogP contribution in [-0.2, 0) is 5.75 Å². The fourth-order valence-electron chi connectivity index (χ4n) is 2.54. The first-order valence-electron chi connectivity index (χ1n) is 7.64. The molecule has 0 unspecified atom stereocenters. The lowest BCUT2D eigenvalue weighted by atomic mass is 10.1. The average Bonchev–Trinajstić information content (AvgIpc) is 3.06. The lowest BCUT2D eigenvalue weighted by molar-refractivity contribution is 0.387. The van der Waals surface area contributed by atoms with Gasteiger partial charge in [0, 0.05) is 16.3 Å². The normalized spacial score (nSPS) is 11.1. The molecule has 2 heterocycles. The number of fused-ring (bicyclic) bond motifs is 1. The van der Waals surface area contributed by atoms with E-state index in [-0.39, 0.29) is 5.82 Å². The molecule has 0 spiro atoms. The number of halogens is 1. The second-order valence-corrected chi connectivity index (χ2v) is 6.39. The summed E-state index contributed by atoms with van der Waals surface area (Å²) in [6.07, 6.45) is 0. The van der Waals surface area contributed by atoms with Crippen LogP contribution in [0, 0.1) is 12.7 Å². The molecular formula is C18H13FN4OS. The number of rotatable bonds is 4. The summed E-state index contributed by atoms with van der Waals surface area (Å²) >= 11 is 1.49. The van der Waals surface area contributed by atoms with E-state index in [1.807, 2.05) is 24.3 Å². The Hall–Kier alpha value is -2.80. The molecular weight excluding hydrogens is 339 g/mol. The van der Waals surface area contributed by atoms with Crippen LogP contribution in [0.4, 0.5) is 4.39 Å². The first kappa shape index (κ1) is 15.7. The van der Waals surface area contributed by atoms with Crippen LogP contribution in [0.2, 0.25) is 0 Å². The second-order valence-electron chi connectivity index (χ2n) is 5.43. The first-order chi connectivity index (χ1) is 12.2. The molecule has 4 rings (SSSR count). The maximum Gasteiger partial charge on any atom is 0.237 e. The van der Waals surface area contributed by atoms with Gasteiger partial charge in [-0.2, -0.15) is 4.98 Å². The molecule has 0 aliphatic carbocycles. The van der Waals surface area contributed by atoms with Crippen LogP contribution in [0.3, 0.4) is 0 Å². The summed E-state index contributed by atoms with van der Waals surface area (Å²) in [6.45, 7) is 1.78. The third kappa shape index (κ3) is 3.23. The van der Waals surface area contributed by atoms with Crippen LogP contribution in [0.5, 0.6) is 0 Å². The van der Waals surface area contributed by atoms with Gasteiger partial charge in [-0.3, -0.25) is 0 Å². The van der Waals surface area contributed by atoms with Gasteiger partial charge in [-0.15, -0.1) is 10.2 Å². The fraction of sp³-hybridized carbons (Fsp3) is 0.111. The number of thioether (sulfide) groups is 1. The summed E-state index contributed by atoms with van der Waals surface area (Å²) in [5.41, 5.74) is 1.56. The van der Waals surface area contributed by atoms with Crippen molar-refractivity contribution >= 4 is 22.5 Å². The van der Waals surface area contributed by atoms with E-state index >= 15 is 0 Å². The molecule has 0 N–H and O–H groups in total. The maximum absolute atomic E-state index is 13.2. The Balaban J connectivity index is 1.72. The van der Waals surface area contributed by atoms with E-state index < -0.39 is 0 Å². The third-order valence-electron chi connectivity index (χ3n) is 3.67. The Morgan fingerprint density at radius 3 is 2.48 bits per heavy atom. The van der Waals surface area contributed by atoms with Crippen molar-refractivity contribution in [3.8, 4) is 11.3 Å². The number of nitrogens with zero attached hydrogens (tertiary/aromatic N) is 4. The summed E-state index contributed by atoms with van der Waals surface area (Å²) in [5.74, 6) is 1.41. The molecule has 0 aliphatic rings. The molecule has 4 aromatic rings. The molecule has 5 nitrogen and oxygen atoms in total. The smallest absolute Gasteiger partial charge is 0.237 e. The molecule has 0 atom stereocenters. The van der Waals surface area contributed by atoms with E-state index in [2.05, 4.69) is 20.3 Å². The van der Waals surface area contributed by atoms with Crippen LogP contribution >= 0.6 is 11.8 Å². The van der Waals surface area contributed by atoms with E-state index in [1.165, 1.54) is 23.9 Å². The monoisotopic (exact) mass is 352 g/mol. The van der Waals surface area contributed by atoms with Gasteiger partial charge in [0.15, 0.2) is 5.82 Å². The van der Waals surface area contributed by atoms with Crippen molar-refractivity contribution in [1.82, 2.24) is 20.3 Å². The van der Waals surface area contributed by atoms with Crippen molar-refractivity contribution in [1.29, 1.82) is 0 Å². The highest BCUT2D eigenvalue weighted by molar-refractivity contribution is 7.98. The van der Waals surface area contributed by atoms with E-state index in [1.54, 1.807) is 19.1 Å². The predicted molar refractivity (Wildman–Crippen MR) is 93.5 cm³/mol. The summed E-state index contributed by atoms with van der Waals surface area (Å²) < 4.78 is 18.3. The van der Waals surface area contributed by atoms with E-state index in [0.717, 1.165) is 27.1 Å². The van der Waals surface area contributed by atoms with Crippen molar-refractivity contribution in [2.75, 3.05) is 0 Å². The van der Waals surface area contributed by atoms with Crippen molar-refractivity contribution < 1.29 is 8.91 Å². The van der Waals surface area contributed by atoms with Crippen LogP contribution in [0.15, 0.2) is 58.1 Å². The number of hydrogen-bond donors (Lipinski definition) is 0. The molecule has 0 saturated carbocycles. The van der Waals surface area contributed by atoms with Crippen molar-refractivity contribution in [3.63, 3.8) is 0 Å². The highest BCUT2D eigenvalue weighted by atomic mass is 32.2. The maximum atomic E-state index is 13.2. The van der Waals surface area contributed by atoms with Crippen LogP contribution in [0.1, 0.15) is 11.7 Å². The molecule has 0 amide bonds. The Kier molecular flexibility index (Phi) is 4.15. The summed E-state index contributed by atoms with van der Waals surface area (Å²) in [4.78, 5) is 4.20. The lowest BCUT2D eigenvalue weighted by Gasteiger charge is -2.08.